The number of aromatic nitrogens is 5. The first-order valence-electron chi connectivity index (χ1n) is 6.48. The number of rotatable bonds is 2. The Morgan fingerprint density at radius 1 is 1.27 bits per heavy atom. The number of amides is 1. The molecule has 0 bridgehead atoms. The molecule has 1 amide bonds. The Kier molecular flexibility index (Phi) is 2.40. The zero-order valence-electron chi connectivity index (χ0n) is 11.2. The quantitative estimate of drug-likeness (QED) is 0.502. The van der Waals surface area contributed by atoms with Crippen molar-refractivity contribution < 1.29 is 4.79 Å². The summed E-state index contributed by atoms with van der Waals surface area (Å²) >= 11 is 0. The van der Waals surface area contributed by atoms with Crippen LogP contribution in [0.1, 0.15) is 10.4 Å². The molecule has 8 heteroatoms. The van der Waals surface area contributed by atoms with Gasteiger partial charge in [-0.05, 0) is 12.1 Å². The maximum Gasteiger partial charge on any atom is 0.273 e. The molecule has 4 rings (SSSR count). The van der Waals surface area contributed by atoms with E-state index in [2.05, 4.69) is 20.3 Å². The predicted octanol–water partition coefficient (Wildman–Crippen LogP) is 0.665. The van der Waals surface area contributed by atoms with Crippen molar-refractivity contribution in [3.63, 3.8) is 0 Å². The first kappa shape index (κ1) is 12.3. The van der Waals surface area contributed by atoms with Crippen LogP contribution in [-0.2, 0) is 0 Å². The van der Waals surface area contributed by atoms with E-state index >= 15 is 0 Å². The summed E-state index contributed by atoms with van der Waals surface area (Å²) in [6.07, 6.45) is 3.06. The van der Waals surface area contributed by atoms with Gasteiger partial charge in [0.05, 0.1) is 17.4 Å². The van der Waals surface area contributed by atoms with Gasteiger partial charge in [-0.15, -0.1) is 0 Å². The molecule has 0 saturated heterocycles. The lowest BCUT2D eigenvalue weighted by atomic mass is 10.1. The summed E-state index contributed by atoms with van der Waals surface area (Å²) in [5.74, 6) is -0.645. The van der Waals surface area contributed by atoms with Gasteiger partial charge in [0.1, 0.15) is 5.56 Å². The number of hydrogen-bond acceptors (Lipinski definition) is 4. The van der Waals surface area contributed by atoms with E-state index in [1.807, 2.05) is 18.2 Å². The topological polar surface area (TPSA) is 122 Å². The van der Waals surface area contributed by atoms with Gasteiger partial charge in [0.25, 0.3) is 11.5 Å². The van der Waals surface area contributed by atoms with Crippen LogP contribution in [0.4, 0.5) is 0 Å². The minimum Gasteiger partial charge on any atom is -0.365 e. The highest BCUT2D eigenvalue weighted by Gasteiger charge is 2.14. The van der Waals surface area contributed by atoms with Crippen LogP contribution in [0.2, 0.25) is 0 Å². The van der Waals surface area contributed by atoms with Crippen LogP contribution in [-0.4, -0.2) is 30.7 Å². The molecule has 0 aliphatic rings. The number of aromatic amines is 2. The van der Waals surface area contributed by atoms with Crippen molar-refractivity contribution in [2.24, 2.45) is 5.73 Å². The lowest BCUT2D eigenvalue weighted by Crippen LogP contribution is -2.16. The molecule has 8 nitrogen and oxygen atoms in total. The summed E-state index contributed by atoms with van der Waals surface area (Å²) in [4.78, 5) is 27.9. The fourth-order valence-corrected chi connectivity index (χ4v) is 2.41. The number of carbonyl (C=O) groups excluding carboxylic acids is 1. The van der Waals surface area contributed by atoms with Crippen LogP contribution in [0, 0.1) is 0 Å². The van der Waals surface area contributed by atoms with E-state index in [0.29, 0.717) is 5.69 Å². The molecule has 4 N–H and O–H groups in total. The fourth-order valence-electron chi connectivity index (χ4n) is 2.41. The summed E-state index contributed by atoms with van der Waals surface area (Å²) in [6, 6.07) is 6.95. The molecule has 0 saturated carbocycles. The van der Waals surface area contributed by atoms with Gasteiger partial charge in [-0.1, -0.05) is 6.07 Å². The van der Waals surface area contributed by atoms with Gasteiger partial charge in [-0.25, -0.2) is 9.50 Å². The summed E-state index contributed by atoms with van der Waals surface area (Å²) in [5.41, 5.74) is 7.47. The largest absolute Gasteiger partial charge is 0.365 e. The summed E-state index contributed by atoms with van der Waals surface area (Å²) < 4.78 is 1.18. The van der Waals surface area contributed by atoms with E-state index in [0.717, 1.165) is 16.5 Å². The third-order valence-electron chi connectivity index (χ3n) is 3.50. The summed E-state index contributed by atoms with van der Waals surface area (Å²) in [5, 5.41) is 10.4. The highest BCUT2D eigenvalue weighted by Crippen LogP contribution is 2.21. The standard InChI is InChI=1S/C14H10N6O2/c15-13(22)9-6-17-20-12(21)4-11(18-14(9)20)7-1-2-10-8(3-7)5-16-19-10/h1-6,17H,(H2,15,22)(H,16,19). The molecule has 0 fully saturated rings. The number of nitrogens with zero attached hydrogens (tertiary/aromatic N) is 3. The molecule has 3 aromatic heterocycles. The van der Waals surface area contributed by atoms with Crippen molar-refractivity contribution in [1.82, 2.24) is 24.8 Å². The second-order valence-electron chi connectivity index (χ2n) is 4.86. The van der Waals surface area contributed by atoms with Gasteiger partial charge >= 0.3 is 0 Å². The fraction of sp³-hybridized carbons (Fsp3) is 0. The Bertz CT molecular complexity index is 1090. The number of H-pyrrole nitrogens is 2. The zero-order valence-corrected chi connectivity index (χ0v) is 11.2. The Hall–Kier alpha value is -3.42. The summed E-state index contributed by atoms with van der Waals surface area (Å²) in [7, 11) is 0. The van der Waals surface area contributed by atoms with Crippen molar-refractivity contribution in [2.75, 3.05) is 0 Å². The minimum absolute atomic E-state index is 0.170. The molecule has 0 aliphatic carbocycles. The highest BCUT2D eigenvalue weighted by molar-refractivity contribution is 5.98. The molecule has 1 aromatic carbocycles. The second-order valence-corrected chi connectivity index (χ2v) is 4.86. The van der Waals surface area contributed by atoms with E-state index in [9.17, 15) is 9.59 Å². The third kappa shape index (κ3) is 1.71. The van der Waals surface area contributed by atoms with Crippen LogP contribution < -0.4 is 11.3 Å². The Balaban J connectivity index is 1.99. The molecule has 22 heavy (non-hydrogen) atoms. The minimum atomic E-state index is -0.645. The van der Waals surface area contributed by atoms with E-state index in [1.54, 1.807) is 6.20 Å². The monoisotopic (exact) mass is 294 g/mol. The smallest absolute Gasteiger partial charge is 0.273 e. The molecular weight excluding hydrogens is 284 g/mol. The van der Waals surface area contributed by atoms with Gasteiger partial charge in [0.2, 0.25) is 0 Å². The van der Waals surface area contributed by atoms with Gasteiger partial charge in [-0.3, -0.25) is 19.8 Å². The maximum atomic E-state index is 12.1. The Morgan fingerprint density at radius 2 is 2.14 bits per heavy atom. The molecule has 108 valence electrons. The van der Waals surface area contributed by atoms with E-state index in [1.165, 1.54) is 16.8 Å². The third-order valence-corrected chi connectivity index (χ3v) is 3.50. The number of hydrogen-bond donors (Lipinski definition) is 3. The maximum absolute atomic E-state index is 12.1. The molecule has 4 aromatic rings. The molecular formula is C14H10N6O2. The lowest BCUT2D eigenvalue weighted by Gasteiger charge is -2.02. The number of benzene rings is 1. The van der Waals surface area contributed by atoms with Crippen molar-refractivity contribution >= 4 is 22.5 Å². The molecule has 0 unspecified atom stereocenters. The van der Waals surface area contributed by atoms with Gasteiger partial charge in [0, 0.05) is 23.2 Å². The van der Waals surface area contributed by atoms with E-state index in [-0.39, 0.29) is 16.8 Å². The number of primary amides is 1. The van der Waals surface area contributed by atoms with Crippen LogP contribution in [0.25, 0.3) is 27.8 Å². The Labute approximate surface area is 122 Å². The number of nitrogens with one attached hydrogen (secondary N) is 2. The first-order chi connectivity index (χ1) is 10.6. The lowest BCUT2D eigenvalue weighted by molar-refractivity contribution is 0.100. The zero-order chi connectivity index (χ0) is 15.3. The molecule has 0 atom stereocenters. The van der Waals surface area contributed by atoms with Gasteiger partial charge in [0.15, 0.2) is 5.65 Å². The van der Waals surface area contributed by atoms with Crippen LogP contribution in [0.5, 0.6) is 0 Å². The normalized spacial score (nSPS) is 11.3. The van der Waals surface area contributed by atoms with E-state index in [4.69, 9.17) is 5.73 Å². The second kappa shape index (κ2) is 4.29. The van der Waals surface area contributed by atoms with Gasteiger partial charge in [-0.2, -0.15) is 5.10 Å². The molecule has 0 radical (unpaired) electrons. The number of nitrogens with two attached hydrogens (primary N) is 1. The highest BCUT2D eigenvalue weighted by atomic mass is 16.1. The van der Waals surface area contributed by atoms with Crippen molar-refractivity contribution in [3.05, 3.63) is 52.6 Å². The summed E-state index contributed by atoms with van der Waals surface area (Å²) in [6.45, 7) is 0. The van der Waals surface area contributed by atoms with Crippen LogP contribution in [0.15, 0.2) is 41.5 Å². The Morgan fingerprint density at radius 3 is 2.95 bits per heavy atom. The number of carbonyl (C=O) groups is 1. The average Bonchev–Trinajstić information content (AvgIpc) is 3.12. The average molecular weight is 294 g/mol. The molecule has 3 heterocycles. The number of fused-ring (bicyclic) bond motifs is 2. The first-order valence-corrected chi connectivity index (χ1v) is 6.48. The SMILES string of the molecule is NC(=O)c1c[nH]n2c(=O)cc(-c3ccc4[nH]ncc4c3)nc12. The predicted molar refractivity (Wildman–Crippen MR) is 79.4 cm³/mol. The van der Waals surface area contributed by atoms with Crippen molar-refractivity contribution in [1.29, 1.82) is 0 Å². The molecule has 0 spiro atoms. The van der Waals surface area contributed by atoms with Crippen LogP contribution >= 0.6 is 0 Å². The van der Waals surface area contributed by atoms with E-state index < -0.39 is 5.91 Å². The van der Waals surface area contributed by atoms with Crippen molar-refractivity contribution in [2.45, 2.75) is 0 Å². The molecule has 0 aliphatic heterocycles. The van der Waals surface area contributed by atoms with Crippen molar-refractivity contribution in [3.8, 4) is 11.3 Å². The van der Waals surface area contributed by atoms with Crippen LogP contribution in [0.3, 0.4) is 0 Å². The van der Waals surface area contributed by atoms with Gasteiger partial charge < -0.3 is 5.73 Å².